The van der Waals surface area contributed by atoms with E-state index in [4.69, 9.17) is 10.5 Å². The van der Waals surface area contributed by atoms with Crippen molar-refractivity contribution in [3.8, 4) is 0 Å². The maximum atomic E-state index is 11.4. The van der Waals surface area contributed by atoms with Crippen LogP contribution < -0.4 is 11.1 Å². The summed E-state index contributed by atoms with van der Waals surface area (Å²) in [7, 11) is 1.63. The largest absolute Gasteiger partial charge is 0.380 e. The van der Waals surface area contributed by atoms with Crippen LogP contribution in [0, 0.1) is 0 Å². The SMILES string of the molecule is COCc1ccc(C(N)=O)c(Nc2ccccc2)c1. The Labute approximate surface area is 112 Å². The highest BCUT2D eigenvalue weighted by atomic mass is 16.5. The lowest BCUT2D eigenvalue weighted by Crippen LogP contribution is -2.13. The molecule has 2 aromatic rings. The predicted octanol–water partition coefficient (Wildman–Crippen LogP) is 2.68. The van der Waals surface area contributed by atoms with E-state index >= 15 is 0 Å². The number of benzene rings is 2. The molecule has 3 N–H and O–H groups in total. The van der Waals surface area contributed by atoms with Crippen molar-refractivity contribution in [2.75, 3.05) is 12.4 Å². The third kappa shape index (κ3) is 3.33. The summed E-state index contributed by atoms with van der Waals surface area (Å²) in [5.41, 5.74) is 8.41. The average Bonchev–Trinajstić information content (AvgIpc) is 2.40. The Balaban J connectivity index is 2.35. The number of anilines is 2. The maximum Gasteiger partial charge on any atom is 0.250 e. The minimum absolute atomic E-state index is 0.456. The lowest BCUT2D eigenvalue weighted by atomic mass is 10.1. The number of nitrogens with one attached hydrogen (secondary N) is 1. The molecular formula is C15H16N2O2. The van der Waals surface area contributed by atoms with E-state index in [2.05, 4.69) is 5.32 Å². The van der Waals surface area contributed by atoms with Crippen LogP contribution in [0.4, 0.5) is 11.4 Å². The first-order chi connectivity index (χ1) is 9.20. The summed E-state index contributed by atoms with van der Waals surface area (Å²) in [6, 6.07) is 15.0. The molecule has 98 valence electrons. The molecule has 0 bridgehead atoms. The van der Waals surface area contributed by atoms with Crippen LogP contribution in [-0.4, -0.2) is 13.0 Å². The molecule has 0 saturated carbocycles. The monoisotopic (exact) mass is 256 g/mol. The number of para-hydroxylation sites is 1. The fourth-order valence-electron chi connectivity index (χ4n) is 1.84. The zero-order valence-corrected chi connectivity index (χ0v) is 10.7. The molecule has 0 aromatic heterocycles. The van der Waals surface area contributed by atoms with Crippen LogP contribution in [-0.2, 0) is 11.3 Å². The Morgan fingerprint density at radius 1 is 1.21 bits per heavy atom. The second kappa shape index (κ2) is 6.02. The summed E-state index contributed by atoms with van der Waals surface area (Å²) in [5, 5.41) is 3.20. The van der Waals surface area contributed by atoms with Gasteiger partial charge in [-0.1, -0.05) is 24.3 Å². The van der Waals surface area contributed by atoms with Crippen LogP contribution in [0.15, 0.2) is 48.5 Å². The Bertz CT molecular complexity index is 568. The van der Waals surface area contributed by atoms with Gasteiger partial charge in [-0.2, -0.15) is 0 Å². The van der Waals surface area contributed by atoms with Crippen LogP contribution in [0.5, 0.6) is 0 Å². The number of hydrogen-bond acceptors (Lipinski definition) is 3. The summed E-state index contributed by atoms with van der Waals surface area (Å²) in [6.07, 6.45) is 0. The van der Waals surface area contributed by atoms with Gasteiger partial charge in [-0.15, -0.1) is 0 Å². The van der Waals surface area contributed by atoms with E-state index in [1.54, 1.807) is 13.2 Å². The molecule has 0 aliphatic carbocycles. The molecule has 4 heteroatoms. The Morgan fingerprint density at radius 3 is 2.58 bits per heavy atom. The maximum absolute atomic E-state index is 11.4. The van der Waals surface area contributed by atoms with E-state index in [9.17, 15) is 4.79 Å². The zero-order valence-electron chi connectivity index (χ0n) is 10.7. The summed E-state index contributed by atoms with van der Waals surface area (Å²) in [5.74, 6) is -0.456. The number of methoxy groups -OCH3 is 1. The first kappa shape index (κ1) is 13.1. The smallest absolute Gasteiger partial charge is 0.250 e. The van der Waals surface area contributed by atoms with Gasteiger partial charge in [0.25, 0.3) is 5.91 Å². The summed E-state index contributed by atoms with van der Waals surface area (Å²) in [6.45, 7) is 0.489. The van der Waals surface area contributed by atoms with Crippen LogP contribution in [0.25, 0.3) is 0 Å². The van der Waals surface area contributed by atoms with Crippen molar-refractivity contribution in [1.29, 1.82) is 0 Å². The van der Waals surface area contributed by atoms with Gasteiger partial charge in [0.1, 0.15) is 0 Å². The number of rotatable bonds is 5. The van der Waals surface area contributed by atoms with Crippen LogP contribution in [0.3, 0.4) is 0 Å². The zero-order chi connectivity index (χ0) is 13.7. The van der Waals surface area contributed by atoms with Crippen LogP contribution >= 0.6 is 0 Å². The number of carbonyl (C=O) groups excluding carboxylic acids is 1. The normalized spacial score (nSPS) is 10.2. The van der Waals surface area contributed by atoms with Crippen LogP contribution in [0.2, 0.25) is 0 Å². The molecule has 0 radical (unpaired) electrons. The number of primary amides is 1. The minimum Gasteiger partial charge on any atom is -0.380 e. The topological polar surface area (TPSA) is 64.3 Å². The number of nitrogens with two attached hydrogens (primary N) is 1. The first-order valence-corrected chi connectivity index (χ1v) is 5.94. The quantitative estimate of drug-likeness (QED) is 0.864. The molecule has 2 rings (SSSR count). The second-order valence-electron chi connectivity index (χ2n) is 4.17. The standard InChI is InChI=1S/C15H16N2O2/c1-19-10-11-7-8-13(15(16)18)14(9-11)17-12-5-3-2-4-6-12/h2-9,17H,10H2,1H3,(H2,16,18). The highest BCUT2D eigenvalue weighted by Gasteiger charge is 2.09. The molecule has 0 heterocycles. The molecule has 0 spiro atoms. The van der Waals surface area contributed by atoms with E-state index in [-0.39, 0.29) is 0 Å². The fourth-order valence-corrected chi connectivity index (χ4v) is 1.84. The van der Waals surface area contributed by atoms with Crippen molar-refractivity contribution in [2.24, 2.45) is 5.73 Å². The van der Waals surface area contributed by atoms with Crippen LogP contribution in [0.1, 0.15) is 15.9 Å². The van der Waals surface area contributed by atoms with Crippen molar-refractivity contribution < 1.29 is 9.53 Å². The summed E-state index contributed by atoms with van der Waals surface area (Å²) < 4.78 is 5.09. The van der Waals surface area contributed by atoms with Crippen molar-refractivity contribution in [3.63, 3.8) is 0 Å². The van der Waals surface area contributed by atoms with E-state index < -0.39 is 5.91 Å². The molecule has 0 atom stereocenters. The third-order valence-electron chi connectivity index (χ3n) is 2.71. The number of ether oxygens (including phenoxy) is 1. The molecule has 19 heavy (non-hydrogen) atoms. The predicted molar refractivity (Wildman–Crippen MR) is 75.4 cm³/mol. The summed E-state index contributed by atoms with van der Waals surface area (Å²) >= 11 is 0. The van der Waals surface area contributed by atoms with Gasteiger partial charge in [0.05, 0.1) is 17.9 Å². The molecule has 2 aromatic carbocycles. The van der Waals surface area contributed by atoms with Crippen molar-refractivity contribution in [2.45, 2.75) is 6.61 Å². The molecule has 0 fully saturated rings. The van der Waals surface area contributed by atoms with Gasteiger partial charge in [-0.3, -0.25) is 4.79 Å². The first-order valence-electron chi connectivity index (χ1n) is 5.94. The van der Waals surface area contributed by atoms with Gasteiger partial charge < -0.3 is 15.8 Å². The third-order valence-corrected chi connectivity index (χ3v) is 2.71. The van der Waals surface area contributed by atoms with Gasteiger partial charge in [0.2, 0.25) is 0 Å². The number of amides is 1. The van der Waals surface area contributed by atoms with Gasteiger partial charge in [0, 0.05) is 12.8 Å². The van der Waals surface area contributed by atoms with E-state index in [1.807, 2.05) is 42.5 Å². The van der Waals surface area contributed by atoms with Gasteiger partial charge in [-0.05, 0) is 29.8 Å². The van der Waals surface area contributed by atoms with E-state index in [1.165, 1.54) is 0 Å². The molecule has 0 aliphatic heterocycles. The van der Waals surface area contributed by atoms with E-state index in [0.29, 0.717) is 17.9 Å². The number of hydrogen-bond donors (Lipinski definition) is 2. The average molecular weight is 256 g/mol. The fraction of sp³-hybridized carbons (Fsp3) is 0.133. The highest BCUT2D eigenvalue weighted by molar-refractivity contribution is 5.99. The molecular weight excluding hydrogens is 240 g/mol. The Kier molecular flexibility index (Phi) is 4.15. The van der Waals surface area contributed by atoms with Crippen molar-refractivity contribution in [1.82, 2.24) is 0 Å². The Hall–Kier alpha value is -2.33. The Morgan fingerprint density at radius 2 is 1.95 bits per heavy atom. The van der Waals surface area contributed by atoms with Gasteiger partial charge >= 0.3 is 0 Å². The lowest BCUT2D eigenvalue weighted by Gasteiger charge is -2.12. The molecule has 1 amide bonds. The lowest BCUT2D eigenvalue weighted by molar-refractivity contribution is 0.100. The molecule has 0 aliphatic rings. The number of carbonyl (C=O) groups is 1. The van der Waals surface area contributed by atoms with Crippen molar-refractivity contribution in [3.05, 3.63) is 59.7 Å². The summed E-state index contributed by atoms with van der Waals surface area (Å²) in [4.78, 5) is 11.4. The second-order valence-corrected chi connectivity index (χ2v) is 4.17. The van der Waals surface area contributed by atoms with E-state index in [0.717, 1.165) is 11.3 Å². The minimum atomic E-state index is -0.456. The molecule has 0 unspecified atom stereocenters. The van der Waals surface area contributed by atoms with Crippen molar-refractivity contribution >= 4 is 17.3 Å². The van der Waals surface area contributed by atoms with Gasteiger partial charge in [-0.25, -0.2) is 0 Å². The molecule has 4 nitrogen and oxygen atoms in total. The highest BCUT2D eigenvalue weighted by Crippen LogP contribution is 2.22. The van der Waals surface area contributed by atoms with Gasteiger partial charge in [0.15, 0.2) is 0 Å². The molecule has 0 saturated heterocycles.